The maximum absolute atomic E-state index is 13.6. The molecule has 3 amide bonds. The highest BCUT2D eigenvalue weighted by molar-refractivity contribution is 6.32. The summed E-state index contributed by atoms with van der Waals surface area (Å²) in [4.78, 5) is 60.4. The average molecular weight is 717 g/mol. The lowest BCUT2D eigenvalue weighted by Gasteiger charge is -2.47. The zero-order valence-electron chi connectivity index (χ0n) is 29.1. The molecule has 6 heterocycles. The zero-order valence-corrected chi connectivity index (χ0v) is 29.9. The molecule has 2 aromatic heterocycles. The molecule has 3 atom stereocenters. The van der Waals surface area contributed by atoms with Gasteiger partial charge in [-0.2, -0.15) is 5.10 Å². The third-order valence-corrected chi connectivity index (χ3v) is 11.5. The van der Waals surface area contributed by atoms with Gasteiger partial charge in [0.15, 0.2) is 6.10 Å². The number of hydrogen-bond donors (Lipinski definition) is 2. The number of piperidine rings is 4. The minimum atomic E-state index is -0.679. The van der Waals surface area contributed by atoms with E-state index in [2.05, 4.69) is 49.7 Å². The number of amides is 3. The Morgan fingerprint density at radius 3 is 2.37 bits per heavy atom. The third kappa shape index (κ3) is 7.74. The summed E-state index contributed by atoms with van der Waals surface area (Å²) in [7, 11) is 3.67. The van der Waals surface area contributed by atoms with Crippen molar-refractivity contribution in [1.82, 2.24) is 29.9 Å². The van der Waals surface area contributed by atoms with Crippen molar-refractivity contribution in [3.63, 3.8) is 0 Å². The summed E-state index contributed by atoms with van der Waals surface area (Å²) >= 11 is 6.32. The molecule has 51 heavy (non-hydrogen) atoms. The molecule has 3 aromatic rings. The van der Waals surface area contributed by atoms with E-state index in [1.165, 1.54) is 10.2 Å². The predicted molar refractivity (Wildman–Crippen MR) is 193 cm³/mol. The highest BCUT2D eigenvalue weighted by Crippen LogP contribution is 2.42. The molecule has 4 aliphatic heterocycles. The number of rotatable bonds is 7. The number of nitrogens with one attached hydrogen (secondary N) is 2. The fourth-order valence-electron chi connectivity index (χ4n) is 8.05. The standard InChI is InChI=1S/C37H45ClN8O5/c1-43-22-26(19-27(23-43)41-29-21-40-44(2)36(50)33(29)38)24-3-5-25(6-4-24)35(49)46-17-13-37(14-18-46)11-15-45(16-12-37)31-9-7-28(20-39-31)51-30-8-10-32(47)42-34(30)48/h3-7,9,20-21,26-27,30,41H,8,10-19,22-23H2,1-2H3,(H,42,47,48). The Hall–Kier alpha value is -4.49. The number of anilines is 2. The van der Waals surface area contributed by atoms with E-state index >= 15 is 0 Å². The maximum atomic E-state index is 13.6. The SMILES string of the molecule is CN1CC(Nc2cnn(C)c(=O)c2Cl)CC(c2ccc(C(=O)N3CCC4(CC3)CCN(c3ccc(OC5CCC(=O)NC5=O)cn3)CC4)cc2)C1. The molecule has 4 fully saturated rings. The van der Waals surface area contributed by atoms with Crippen LogP contribution in [0.15, 0.2) is 53.6 Å². The Balaban J connectivity index is 0.887. The second kappa shape index (κ2) is 14.6. The van der Waals surface area contributed by atoms with Crippen molar-refractivity contribution in [2.75, 3.05) is 56.5 Å². The molecule has 4 saturated heterocycles. The first-order chi connectivity index (χ1) is 24.6. The van der Waals surface area contributed by atoms with E-state index < -0.39 is 12.0 Å². The van der Waals surface area contributed by atoms with E-state index in [0.29, 0.717) is 17.9 Å². The molecule has 270 valence electrons. The summed E-state index contributed by atoms with van der Waals surface area (Å²) in [6, 6.07) is 12.0. The number of likely N-dealkylation sites (N-methyl/N-ethyl adjacent to an activating group) is 1. The van der Waals surface area contributed by atoms with Crippen molar-refractivity contribution >= 4 is 40.8 Å². The highest BCUT2D eigenvalue weighted by atomic mass is 35.5. The minimum Gasteiger partial charge on any atom is -0.479 e. The molecular weight excluding hydrogens is 672 g/mol. The number of aryl methyl sites for hydroxylation is 1. The number of pyridine rings is 1. The Bertz CT molecular complexity index is 1820. The normalized spacial score (nSPS) is 23.9. The first kappa shape index (κ1) is 34.9. The fourth-order valence-corrected chi connectivity index (χ4v) is 8.28. The van der Waals surface area contributed by atoms with Crippen LogP contribution < -0.4 is 25.8 Å². The number of carbonyl (C=O) groups is 3. The summed E-state index contributed by atoms with van der Waals surface area (Å²) in [6.07, 6.45) is 8.16. The molecule has 1 aromatic carbocycles. The average Bonchev–Trinajstić information content (AvgIpc) is 3.14. The lowest BCUT2D eigenvalue weighted by molar-refractivity contribution is -0.138. The van der Waals surface area contributed by atoms with Gasteiger partial charge in [0.2, 0.25) is 5.91 Å². The lowest BCUT2D eigenvalue weighted by Crippen LogP contribution is -2.48. The summed E-state index contributed by atoms with van der Waals surface area (Å²) in [5.74, 6) is 1.08. The van der Waals surface area contributed by atoms with Crippen LogP contribution in [0.1, 0.15) is 66.8 Å². The van der Waals surface area contributed by atoms with Crippen LogP contribution in [0.25, 0.3) is 0 Å². The molecule has 2 N–H and O–H groups in total. The Kier molecular flexibility index (Phi) is 10.0. The smallest absolute Gasteiger partial charge is 0.287 e. The van der Waals surface area contributed by atoms with Gasteiger partial charge in [-0.05, 0) is 80.3 Å². The van der Waals surface area contributed by atoms with Crippen LogP contribution in [0.5, 0.6) is 5.75 Å². The number of imide groups is 1. The van der Waals surface area contributed by atoms with E-state index in [-0.39, 0.29) is 46.2 Å². The van der Waals surface area contributed by atoms with Gasteiger partial charge in [0.25, 0.3) is 17.4 Å². The van der Waals surface area contributed by atoms with Crippen LogP contribution >= 0.6 is 11.6 Å². The van der Waals surface area contributed by atoms with Gasteiger partial charge in [-0.1, -0.05) is 23.7 Å². The van der Waals surface area contributed by atoms with Crippen LogP contribution in [-0.2, 0) is 16.6 Å². The summed E-state index contributed by atoms with van der Waals surface area (Å²) in [5.41, 5.74) is 2.37. The number of hydrogen-bond acceptors (Lipinski definition) is 10. The van der Waals surface area contributed by atoms with E-state index in [1.54, 1.807) is 19.4 Å². The van der Waals surface area contributed by atoms with E-state index in [9.17, 15) is 19.2 Å². The second-order valence-electron chi connectivity index (χ2n) is 14.6. The van der Waals surface area contributed by atoms with E-state index in [1.807, 2.05) is 29.2 Å². The topological polar surface area (TPSA) is 142 Å². The molecule has 0 aliphatic carbocycles. The predicted octanol–water partition coefficient (Wildman–Crippen LogP) is 3.44. The van der Waals surface area contributed by atoms with Crippen LogP contribution in [0.3, 0.4) is 0 Å². The summed E-state index contributed by atoms with van der Waals surface area (Å²) < 4.78 is 7.01. The number of nitrogens with zero attached hydrogens (tertiary/aromatic N) is 6. The summed E-state index contributed by atoms with van der Waals surface area (Å²) in [5, 5.41) is 10.0. The van der Waals surface area contributed by atoms with Gasteiger partial charge in [0, 0.05) is 70.8 Å². The second-order valence-corrected chi connectivity index (χ2v) is 15.0. The number of likely N-dealkylation sites (tertiary alicyclic amines) is 2. The van der Waals surface area contributed by atoms with Crippen LogP contribution in [-0.4, -0.2) is 101 Å². The Morgan fingerprint density at radius 2 is 1.69 bits per heavy atom. The van der Waals surface area contributed by atoms with E-state index in [4.69, 9.17) is 16.3 Å². The third-order valence-electron chi connectivity index (χ3n) is 11.1. The van der Waals surface area contributed by atoms with Gasteiger partial charge in [0.1, 0.15) is 16.6 Å². The van der Waals surface area contributed by atoms with Crippen molar-refractivity contribution < 1.29 is 19.1 Å². The molecule has 4 aliphatic rings. The number of ether oxygens (including phenoxy) is 1. The molecular formula is C37H45ClN8O5. The van der Waals surface area contributed by atoms with E-state index in [0.717, 1.165) is 82.8 Å². The number of carbonyl (C=O) groups excluding carboxylic acids is 3. The molecule has 13 nitrogen and oxygen atoms in total. The van der Waals surface area contributed by atoms with Gasteiger partial charge in [-0.15, -0.1) is 0 Å². The zero-order chi connectivity index (χ0) is 35.7. The van der Waals surface area contributed by atoms with Crippen molar-refractivity contribution in [2.24, 2.45) is 12.5 Å². The largest absolute Gasteiger partial charge is 0.479 e. The van der Waals surface area contributed by atoms with Crippen LogP contribution in [0.4, 0.5) is 11.5 Å². The Labute approximate surface area is 302 Å². The Morgan fingerprint density at radius 1 is 0.961 bits per heavy atom. The lowest BCUT2D eigenvalue weighted by atomic mass is 9.71. The quantitative estimate of drug-likeness (QED) is 0.350. The van der Waals surface area contributed by atoms with Gasteiger partial charge in [-0.3, -0.25) is 24.5 Å². The first-order valence-electron chi connectivity index (χ1n) is 17.8. The van der Waals surface area contributed by atoms with Crippen molar-refractivity contribution in [3.8, 4) is 5.75 Å². The monoisotopic (exact) mass is 716 g/mol. The van der Waals surface area contributed by atoms with Gasteiger partial charge in [-0.25, -0.2) is 9.67 Å². The van der Waals surface area contributed by atoms with Crippen molar-refractivity contribution in [2.45, 2.75) is 63.0 Å². The molecule has 14 heteroatoms. The van der Waals surface area contributed by atoms with Crippen molar-refractivity contribution in [3.05, 3.63) is 75.3 Å². The molecule has 3 unspecified atom stereocenters. The molecule has 0 saturated carbocycles. The van der Waals surface area contributed by atoms with Gasteiger partial charge < -0.3 is 24.8 Å². The molecule has 0 radical (unpaired) electrons. The van der Waals surface area contributed by atoms with Crippen LogP contribution in [0.2, 0.25) is 5.02 Å². The number of aromatic nitrogens is 3. The maximum Gasteiger partial charge on any atom is 0.287 e. The fraction of sp³-hybridized carbons (Fsp3) is 0.514. The van der Waals surface area contributed by atoms with Gasteiger partial charge >= 0.3 is 0 Å². The molecule has 1 spiro atoms. The summed E-state index contributed by atoms with van der Waals surface area (Å²) in [6.45, 7) is 5.03. The van der Waals surface area contributed by atoms with Crippen LogP contribution in [0, 0.1) is 5.41 Å². The number of benzene rings is 1. The highest BCUT2D eigenvalue weighted by Gasteiger charge is 2.39. The minimum absolute atomic E-state index is 0.0887. The number of halogens is 1. The molecule has 0 bridgehead atoms. The van der Waals surface area contributed by atoms with Gasteiger partial charge in [0.05, 0.1) is 18.1 Å². The first-order valence-corrected chi connectivity index (χ1v) is 18.2. The van der Waals surface area contributed by atoms with Crippen molar-refractivity contribution in [1.29, 1.82) is 0 Å². The molecule has 7 rings (SSSR count).